The lowest BCUT2D eigenvalue weighted by atomic mass is 9.69. The van der Waals surface area contributed by atoms with Crippen molar-refractivity contribution in [3.05, 3.63) is 24.3 Å². The van der Waals surface area contributed by atoms with Gasteiger partial charge in [-0.25, -0.2) is 0 Å². The quantitative estimate of drug-likeness (QED) is 0.338. The topological polar surface area (TPSA) is 35.5 Å². The summed E-state index contributed by atoms with van der Waals surface area (Å²) >= 11 is 0. The Labute approximate surface area is 149 Å². The van der Waals surface area contributed by atoms with Crippen molar-refractivity contribution in [3.8, 4) is 0 Å². The Morgan fingerprint density at radius 1 is 1.46 bits per heavy atom. The molecule has 0 N–H and O–H groups in total. The molecule has 0 heterocycles. The summed E-state index contributed by atoms with van der Waals surface area (Å²) in [5.41, 5.74) is 1.20. The Hall–Kier alpha value is -0.873. The van der Waals surface area contributed by atoms with E-state index in [9.17, 15) is 4.79 Å². The van der Waals surface area contributed by atoms with Crippen LogP contribution in [0.4, 0.5) is 0 Å². The molecule has 1 aliphatic carbocycles. The van der Waals surface area contributed by atoms with Gasteiger partial charge in [-0.15, -0.1) is 6.58 Å². The van der Waals surface area contributed by atoms with Gasteiger partial charge < -0.3 is 9.16 Å². The summed E-state index contributed by atoms with van der Waals surface area (Å²) in [5, 5.41) is 0.203. The van der Waals surface area contributed by atoms with Crippen LogP contribution in [0.1, 0.15) is 59.8 Å². The summed E-state index contributed by atoms with van der Waals surface area (Å²) in [6, 6.07) is 0. The summed E-state index contributed by atoms with van der Waals surface area (Å²) < 4.78 is 11.5. The van der Waals surface area contributed by atoms with E-state index >= 15 is 0 Å². The molecule has 4 heteroatoms. The third-order valence-electron chi connectivity index (χ3n) is 5.78. The molecule has 0 aromatic heterocycles. The molecule has 0 saturated heterocycles. The van der Waals surface area contributed by atoms with Crippen LogP contribution >= 0.6 is 0 Å². The van der Waals surface area contributed by atoms with Gasteiger partial charge in [-0.2, -0.15) is 0 Å². The van der Waals surface area contributed by atoms with Crippen molar-refractivity contribution in [1.29, 1.82) is 0 Å². The lowest BCUT2D eigenvalue weighted by Crippen LogP contribution is -2.45. The molecule has 3 nitrogen and oxygen atoms in total. The number of ether oxygens (including phenoxy) is 1. The lowest BCUT2D eigenvalue weighted by molar-refractivity contribution is -0.142. The van der Waals surface area contributed by atoms with Gasteiger partial charge in [0.25, 0.3) is 0 Å². The number of esters is 1. The maximum absolute atomic E-state index is 11.9. The van der Waals surface area contributed by atoms with Crippen molar-refractivity contribution in [2.75, 3.05) is 7.11 Å². The number of carbonyl (C=O) groups is 1. The third-order valence-corrected chi connectivity index (χ3v) is 10.3. The van der Waals surface area contributed by atoms with Gasteiger partial charge >= 0.3 is 5.97 Å². The Bertz CT molecular complexity index is 488. The number of methoxy groups -OCH3 is 1. The lowest BCUT2D eigenvalue weighted by Gasteiger charge is -2.43. The van der Waals surface area contributed by atoms with E-state index in [2.05, 4.69) is 53.4 Å². The minimum absolute atomic E-state index is 0.122. The Kier molecular flexibility index (Phi) is 7.06. The van der Waals surface area contributed by atoms with Gasteiger partial charge in [0.05, 0.1) is 19.6 Å². The minimum atomic E-state index is -1.79. The van der Waals surface area contributed by atoms with Crippen LogP contribution in [0.15, 0.2) is 24.3 Å². The predicted molar refractivity (Wildman–Crippen MR) is 104 cm³/mol. The number of rotatable bonds is 7. The second-order valence-corrected chi connectivity index (χ2v) is 13.5. The molecule has 1 rings (SSSR count). The van der Waals surface area contributed by atoms with E-state index in [0.29, 0.717) is 6.42 Å². The van der Waals surface area contributed by atoms with Crippen molar-refractivity contribution in [2.24, 2.45) is 5.41 Å². The highest BCUT2D eigenvalue weighted by molar-refractivity contribution is 6.74. The van der Waals surface area contributed by atoms with Crippen LogP contribution in [0.25, 0.3) is 0 Å². The molecule has 0 saturated carbocycles. The Morgan fingerprint density at radius 2 is 2.08 bits per heavy atom. The van der Waals surface area contributed by atoms with E-state index in [0.717, 1.165) is 25.7 Å². The molecular formula is C20H36O3Si. The molecule has 24 heavy (non-hydrogen) atoms. The molecule has 0 aliphatic heterocycles. The van der Waals surface area contributed by atoms with Crippen LogP contribution in [0.2, 0.25) is 18.1 Å². The monoisotopic (exact) mass is 352 g/mol. The molecule has 2 atom stereocenters. The van der Waals surface area contributed by atoms with E-state index in [-0.39, 0.29) is 22.5 Å². The maximum Gasteiger partial charge on any atom is 0.306 e. The fourth-order valence-electron chi connectivity index (χ4n) is 3.01. The van der Waals surface area contributed by atoms with Gasteiger partial charge in [0.2, 0.25) is 0 Å². The second-order valence-electron chi connectivity index (χ2n) is 8.79. The zero-order valence-corrected chi connectivity index (χ0v) is 17.7. The molecule has 0 fully saturated rings. The minimum Gasteiger partial charge on any atom is -0.469 e. The van der Waals surface area contributed by atoms with Crippen LogP contribution in [-0.4, -0.2) is 27.5 Å². The molecule has 0 aromatic rings. The first-order valence-corrected chi connectivity index (χ1v) is 11.9. The predicted octanol–water partition coefficient (Wildman–Crippen LogP) is 5.63. The standard InChI is InChI=1S/C20H36O3Si/c1-9-10-11-16-14-17(23-24(7,8)19(2,3)4)12-13-20(16,5)15-18(21)22-6/h9,14,17H,1,10-13,15H2,2-8H3/t17-,20+/m0/s1. The van der Waals surface area contributed by atoms with E-state index < -0.39 is 8.32 Å². The summed E-state index contributed by atoms with van der Waals surface area (Å²) in [5.74, 6) is -0.134. The largest absolute Gasteiger partial charge is 0.469 e. The second kappa shape index (κ2) is 8.00. The first kappa shape index (κ1) is 21.2. The van der Waals surface area contributed by atoms with Gasteiger partial charge in [-0.3, -0.25) is 4.79 Å². The average Bonchev–Trinajstić information content (AvgIpc) is 2.46. The molecule has 0 radical (unpaired) electrons. The molecule has 0 amide bonds. The summed E-state index contributed by atoms with van der Waals surface area (Å²) in [4.78, 5) is 11.9. The smallest absolute Gasteiger partial charge is 0.306 e. The van der Waals surface area contributed by atoms with Crippen molar-refractivity contribution in [1.82, 2.24) is 0 Å². The molecular weight excluding hydrogens is 316 g/mol. The highest BCUT2D eigenvalue weighted by atomic mass is 28.4. The van der Waals surface area contributed by atoms with Crippen molar-refractivity contribution in [2.45, 2.75) is 84.0 Å². The highest BCUT2D eigenvalue weighted by Crippen LogP contribution is 2.45. The van der Waals surface area contributed by atoms with Crippen molar-refractivity contribution < 1.29 is 14.0 Å². The molecule has 0 aromatic carbocycles. The van der Waals surface area contributed by atoms with Crippen LogP contribution in [0.5, 0.6) is 0 Å². The Balaban J connectivity index is 3.00. The first-order chi connectivity index (χ1) is 10.9. The summed E-state index contributed by atoms with van der Waals surface area (Å²) in [6.45, 7) is 17.4. The van der Waals surface area contributed by atoms with E-state index in [1.54, 1.807) is 0 Å². The number of allylic oxidation sites excluding steroid dienone is 2. The molecule has 138 valence electrons. The van der Waals surface area contributed by atoms with E-state index in [1.165, 1.54) is 12.7 Å². The van der Waals surface area contributed by atoms with Crippen LogP contribution < -0.4 is 0 Å². The summed E-state index contributed by atoms with van der Waals surface area (Å²) in [7, 11) is -0.331. The highest BCUT2D eigenvalue weighted by Gasteiger charge is 2.41. The van der Waals surface area contributed by atoms with Crippen molar-refractivity contribution in [3.63, 3.8) is 0 Å². The number of hydrogen-bond acceptors (Lipinski definition) is 3. The SMILES string of the molecule is C=CCCC1=C[C@@H](O[Si](C)(C)C(C)(C)C)CC[C@]1(C)CC(=O)OC. The van der Waals surface area contributed by atoms with E-state index in [1.807, 2.05) is 6.08 Å². The van der Waals surface area contributed by atoms with Gasteiger partial charge in [0.1, 0.15) is 0 Å². The number of hydrogen-bond donors (Lipinski definition) is 0. The molecule has 1 aliphatic rings. The van der Waals surface area contributed by atoms with Crippen LogP contribution in [0, 0.1) is 5.41 Å². The molecule has 0 spiro atoms. The number of carbonyl (C=O) groups excluding carboxylic acids is 1. The fraction of sp³-hybridized carbons (Fsp3) is 0.750. The van der Waals surface area contributed by atoms with Crippen LogP contribution in [-0.2, 0) is 14.0 Å². The Morgan fingerprint density at radius 3 is 2.58 bits per heavy atom. The maximum atomic E-state index is 11.9. The molecule has 0 bridgehead atoms. The van der Waals surface area contributed by atoms with Gasteiger partial charge in [-0.1, -0.05) is 45.4 Å². The average molecular weight is 353 g/mol. The van der Waals surface area contributed by atoms with Gasteiger partial charge in [-0.05, 0) is 49.2 Å². The van der Waals surface area contributed by atoms with E-state index in [4.69, 9.17) is 9.16 Å². The first-order valence-electron chi connectivity index (χ1n) is 9.02. The zero-order chi connectivity index (χ0) is 18.6. The van der Waals surface area contributed by atoms with Crippen molar-refractivity contribution >= 4 is 14.3 Å². The fourth-order valence-corrected chi connectivity index (χ4v) is 4.31. The third kappa shape index (κ3) is 5.32. The molecule has 0 unspecified atom stereocenters. The van der Waals surface area contributed by atoms with Gasteiger partial charge in [0, 0.05) is 0 Å². The van der Waals surface area contributed by atoms with Gasteiger partial charge in [0.15, 0.2) is 8.32 Å². The zero-order valence-electron chi connectivity index (χ0n) is 16.7. The normalized spacial score (nSPS) is 25.1. The summed E-state index contributed by atoms with van der Waals surface area (Å²) in [6.07, 6.45) is 8.63. The van der Waals surface area contributed by atoms with Crippen LogP contribution in [0.3, 0.4) is 0 Å².